The van der Waals surface area contributed by atoms with Gasteiger partial charge in [-0.1, -0.05) is 69.6 Å². The van der Waals surface area contributed by atoms with Gasteiger partial charge >= 0.3 is 0 Å². The molecule has 1 aliphatic rings. The smallest absolute Gasteiger partial charge is 0.123 e. The summed E-state index contributed by atoms with van der Waals surface area (Å²) in [5.74, 6) is 0.657. The number of nitrogens with zero attached hydrogens (tertiary/aromatic N) is 1. The van der Waals surface area contributed by atoms with Crippen molar-refractivity contribution in [2.45, 2.75) is 58.4 Å². The van der Waals surface area contributed by atoms with Crippen LogP contribution in [-0.4, -0.2) is 41.4 Å². The number of morpholine rings is 1. The zero-order chi connectivity index (χ0) is 24.8. The Labute approximate surface area is 211 Å². The number of halogens is 1. The van der Waals surface area contributed by atoms with Gasteiger partial charge in [-0.3, -0.25) is 4.90 Å². The average Bonchev–Trinajstić information content (AvgIpc) is 2.75. The molecule has 0 amide bonds. The molecular formula is C29H36BrNO3. The number of rotatable bonds is 3. The van der Waals surface area contributed by atoms with Crippen LogP contribution in [0.3, 0.4) is 0 Å². The summed E-state index contributed by atoms with van der Waals surface area (Å²) < 4.78 is 6.69. The fourth-order valence-corrected chi connectivity index (χ4v) is 5.33. The lowest BCUT2D eigenvalue weighted by Gasteiger charge is -2.37. The Hall–Kier alpha value is -2.08. The van der Waals surface area contributed by atoms with E-state index in [0.717, 1.165) is 50.6 Å². The zero-order valence-electron chi connectivity index (χ0n) is 21.1. The van der Waals surface area contributed by atoms with Crippen LogP contribution in [0, 0.1) is 0 Å². The van der Waals surface area contributed by atoms with Crippen molar-refractivity contribution in [1.82, 2.24) is 4.90 Å². The standard InChI is InChI=1S/C29H36BrNO3/c1-28(2,3)22-16-19(17-23(27(22)33)29(4,5)6)26(31-11-13-34-14-12-31)25-21-9-8-20(30)15-18(21)7-10-24(25)32/h7-10,15-17,26,32-33H,11-14H2,1-6H3. The fraction of sp³-hybridized carbons (Fsp3) is 0.448. The normalized spacial score (nSPS) is 16.7. The molecule has 3 aromatic rings. The molecule has 0 aromatic heterocycles. The lowest BCUT2D eigenvalue weighted by atomic mass is 9.77. The molecule has 0 saturated carbocycles. The van der Waals surface area contributed by atoms with Gasteiger partial charge in [0.15, 0.2) is 0 Å². The van der Waals surface area contributed by atoms with Gasteiger partial charge in [0.2, 0.25) is 0 Å². The second-order valence-electron chi connectivity index (χ2n) is 11.4. The predicted octanol–water partition coefficient (Wildman–Crippen LogP) is 7.03. The lowest BCUT2D eigenvalue weighted by Crippen LogP contribution is -2.40. The number of ether oxygens (including phenoxy) is 1. The monoisotopic (exact) mass is 525 g/mol. The molecule has 5 heteroatoms. The Morgan fingerprint density at radius 3 is 2.00 bits per heavy atom. The molecule has 1 heterocycles. The summed E-state index contributed by atoms with van der Waals surface area (Å²) in [5, 5.41) is 24.7. The van der Waals surface area contributed by atoms with Crippen molar-refractivity contribution in [3.8, 4) is 11.5 Å². The van der Waals surface area contributed by atoms with Crippen LogP contribution in [0.4, 0.5) is 0 Å². The van der Waals surface area contributed by atoms with E-state index in [1.165, 1.54) is 0 Å². The zero-order valence-corrected chi connectivity index (χ0v) is 22.7. The first-order chi connectivity index (χ1) is 15.9. The molecule has 0 spiro atoms. The van der Waals surface area contributed by atoms with Crippen LogP contribution < -0.4 is 0 Å². The van der Waals surface area contributed by atoms with Crippen molar-refractivity contribution >= 4 is 26.7 Å². The van der Waals surface area contributed by atoms with Crippen LogP contribution in [0.2, 0.25) is 0 Å². The van der Waals surface area contributed by atoms with Gasteiger partial charge in [-0.15, -0.1) is 0 Å². The molecule has 4 nitrogen and oxygen atoms in total. The third-order valence-electron chi connectivity index (χ3n) is 6.75. The largest absolute Gasteiger partial charge is 0.508 e. The van der Waals surface area contributed by atoms with E-state index in [4.69, 9.17) is 4.74 Å². The van der Waals surface area contributed by atoms with Crippen molar-refractivity contribution < 1.29 is 14.9 Å². The van der Waals surface area contributed by atoms with Crippen LogP contribution in [0.25, 0.3) is 10.8 Å². The number of benzene rings is 3. The molecule has 0 radical (unpaired) electrons. The molecule has 1 saturated heterocycles. The molecule has 1 fully saturated rings. The second-order valence-corrected chi connectivity index (χ2v) is 12.3. The Morgan fingerprint density at radius 2 is 1.44 bits per heavy atom. The van der Waals surface area contributed by atoms with Crippen LogP contribution >= 0.6 is 15.9 Å². The van der Waals surface area contributed by atoms with Gasteiger partial charge in [0, 0.05) is 23.1 Å². The quantitative estimate of drug-likeness (QED) is 0.385. The summed E-state index contributed by atoms with van der Waals surface area (Å²) in [6.45, 7) is 15.7. The van der Waals surface area contributed by atoms with Crippen LogP contribution in [0.5, 0.6) is 11.5 Å². The number of hydrogen-bond donors (Lipinski definition) is 2. The highest BCUT2D eigenvalue weighted by atomic mass is 79.9. The molecule has 0 aliphatic carbocycles. The van der Waals surface area contributed by atoms with Gasteiger partial charge in [-0.2, -0.15) is 0 Å². The maximum absolute atomic E-state index is 11.3. The van der Waals surface area contributed by atoms with Gasteiger partial charge in [0.05, 0.1) is 19.3 Å². The number of phenolic OH excluding ortho intramolecular Hbond substituents is 2. The Bertz CT molecular complexity index is 1170. The summed E-state index contributed by atoms with van der Waals surface area (Å²) in [6, 6.07) is 14.1. The molecule has 34 heavy (non-hydrogen) atoms. The van der Waals surface area contributed by atoms with Crippen molar-refractivity contribution in [2.75, 3.05) is 26.3 Å². The van der Waals surface area contributed by atoms with E-state index in [9.17, 15) is 10.2 Å². The summed E-state index contributed by atoms with van der Waals surface area (Å²) >= 11 is 3.59. The van der Waals surface area contributed by atoms with Gasteiger partial charge in [0.25, 0.3) is 0 Å². The Morgan fingerprint density at radius 1 is 0.853 bits per heavy atom. The van der Waals surface area contributed by atoms with E-state index in [1.807, 2.05) is 12.1 Å². The molecule has 0 bridgehead atoms. The molecular weight excluding hydrogens is 490 g/mol. The highest BCUT2D eigenvalue weighted by molar-refractivity contribution is 9.10. The minimum Gasteiger partial charge on any atom is -0.508 e. The van der Waals surface area contributed by atoms with E-state index < -0.39 is 0 Å². The number of fused-ring (bicyclic) bond motifs is 1. The number of hydrogen-bond acceptors (Lipinski definition) is 4. The molecule has 4 rings (SSSR count). The minimum atomic E-state index is -0.235. The van der Waals surface area contributed by atoms with Gasteiger partial charge in [-0.25, -0.2) is 0 Å². The summed E-state index contributed by atoms with van der Waals surface area (Å²) in [4.78, 5) is 2.39. The van der Waals surface area contributed by atoms with Gasteiger partial charge in [0.1, 0.15) is 11.5 Å². The van der Waals surface area contributed by atoms with E-state index in [2.05, 4.69) is 86.6 Å². The molecule has 182 valence electrons. The van der Waals surface area contributed by atoms with E-state index in [1.54, 1.807) is 6.07 Å². The lowest BCUT2D eigenvalue weighted by molar-refractivity contribution is 0.0237. The number of aromatic hydroxyl groups is 2. The predicted molar refractivity (Wildman–Crippen MR) is 143 cm³/mol. The van der Waals surface area contributed by atoms with E-state index in [0.29, 0.717) is 19.0 Å². The summed E-state index contributed by atoms with van der Waals surface area (Å²) in [5.41, 5.74) is 3.37. The van der Waals surface area contributed by atoms with Crippen LogP contribution in [-0.2, 0) is 15.6 Å². The van der Waals surface area contributed by atoms with Crippen molar-refractivity contribution in [1.29, 1.82) is 0 Å². The van der Waals surface area contributed by atoms with E-state index >= 15 is 0 Å². The maximum atomic E-state index is 11.3. The number of phenols is 2. The molecule has 1 unspecified atom stereocenters. The first-order valence-corrected chi connectivity index (χ1v) is 12.8. The first kappa shape index (κ1) is 25.0. The summed E-state index contributed by atoms with van der Waals surface area (Å²) in [7, 11) is 0. The third-order valence-corrected chi connectivity index (χ3v) is 7.24. The van der Waals surface area contributed by atoms with Crippen molar-refractivity contribution in [2.24, 2.45) is 0 Å². The van der Waals surface area contributed by atoms with E-state index in [-0.39, 0.29) is 22.6 Å². The first-order valence-electron chi connectivity index (χ1n) is 12.0. The van der Waals surface area contributed by atoms with Gasteiger partial charge in [-0.05, 0) is 68.6 Å². The molecule has 1 atom stereocenters. The maximum Gasteiger partial charge on any atom is 0.123 e. The third kappa shape index (κ3) is 4.84. The average molecular weight is 527 g/mol. The topological polar surface area (TPSA) is 52.9 Å². The molecule has 3 aromatic carbocycles. The summed E-state index contributed by atoms with van der Waals surface area (Å²) in [6.07, 6.45) is 0. The van der Waals surface area contributed by atoms with Crippen LogP contribution in [0.15, 0.2) is 46.9 Å². The van der Waals surface area contributed by atoms with Crippen LogP contribution in [0.1, 0.15) is 69.8 Å². The van der Waals surface area contributed by atoms with Crippen molar-refractivity contribution in [3.05, 3.63) is 69.2 Å². The SMILES string of the molecule is CC(C)(C)c1cc(C(c2c(O)ccc3cc(Br)ccc23)N2CCOCC2)cc(C(C)(C)C)c1O. The molecule has 1 aliphatic heterocycles. The fourth-order valence-electron chi connectivity index (χ4n) is 4.95. The Kier molecular flexibility index (Phi) is 6.75. The second kappa shape index (κ2) is 9.18. The highest BCUT2D eigenvalue weighted by Gasteiger charge is 2.33. The minimum absolute atomic E-state index is 0.170. The highest BCUT2D eigenvalue weighted by Crippen LogP contribution is 2.45. The van der Waals surface area contributed by atoms with Crippen molar-refractivity contribution in [3.63, 3.8) is 0 Å². The molecule has 2 N–H and O–H groups in total. The Balaban J connectivity index is 2.05. The van der Waals surface area contributed by atoms with Gasteiger partial charge < -0.3 is 14.9 Å².